The topological polar surface area (TPSA) is 78.8 Å². The highest BCUT2D eigenvalue weighted by molar-refractivity contribution is 5.65. The number of benzene rings is 1. The normalized spacial score (nSPS) is 14.9. The maximum atomic E-state index is 13.2. The first-order valence-electron chi connectivity index (χ1n) is 9.80. The van der Waals surface area contributed by atoms with Gasteiger partial charge >= 0.3 is 0 Å². The fraction of sp³-hybridized carbons (Fsp3) is 0.364. The van der Waals surface area contributed by atoms with Crippen LogP contribution in [0.15, 0.2) is 40.9 Å². The summed E-state index contributed by atoms with van der Waals surface area (Å²) in [6.45, 7) is 5.57. The summed E-state index contributed by atoms with van der Waals surface area (Å²) in [6.07, 6.45) is 1.73. The SMILES string of the molecule is CC(C)c1nc(C2CCN(c3nc(-c4ccc(F)cc4)ccc3C#N)CC2)no1. The Morgan fingerprint density at radius 3 is 2.45 bits per heavy atom. The third-order valence-electron chi connectivity index (χ3n) is 5.25. The first kappa shape index (κ1) is 19.1. The Balaban J connectivity index is 1.53. The van der Waals surface area contributed by atoms with E-state index >= 15 is 0 Å². The van der Waals surface area contributed by atoms with Gasteiger partial charge in [0.1, 0.15) is 17.7 Å². The molecule has 1 aliphatic heterocycles. The van der Waals surface area contributed by atoms with Gasteiger partial charge in [0.25, 0.3) is 0 Å². The molecule has 0 atom stereocenters. The van der Waals surface area contributed by atoms with E-state index in [1.807, 2.05) is 13.8 Å². The summed E-state index contributed by atoms with van der Waals surface area (Å²) < 4.78 is 18.6. The van der Waals surface area contributed by atoms with Crippen molar-refractivity contribution in [1.82, 2.24) is 15.1 Å². The van der Waals surface area contributed by atoms with Crippen LogP contribution in [0.4, 0.5) is 10.2 Å². The van der Waals surface area contributed by atoms with Crippen LogP contribution in [-0.2, 0) is 0 Å². The number of nitrogens with zero attached hydrogens (tertiary/aromatic N) is 5. The number of aromatic nitrogens is 3. The van der Waals surface area contributed by atoms with Crippen LogP contribution >= 0.6 is 0 Å². The molecular weight excluding hydrogens is 369 g/mol. The number of hydrogen-bond acceptors (Lipinski definition) is 6. The molecule has 1 fully saturated rings. The first-order chi connectivity index (χ1) is 14.0. The number of rotatable bonds is 4. The predicted octanol–water partition coefficient (Wildman–Crippen LogP) is 4.65. The van der Waals surface area contributed by atoms with Crippen molar-refractivity contribution in [3.63, 3.8) is 0 Å². The van der Waals surface area contributed by atoms with Crippen molar-refractivity contribution in [1.29, 1.82) is 5.26 Å². The number of anilines is 1. The average Bonchev–Trinajstić information content (AvgIpc) is 3.25. The van der Waals surface area contributed by atoms with Crippen LogP contribution < -0.4 is 4.90 Å². The monoisotopic (exact) mass is 391 g/mol. The van der Waals surface area contributed by atoms with Gasteiger partial charge < -0.3 is 9.42 Å². The molecular formula is C22H22FN5O. The van der Waals surface area contributed by atoms with Gasteiger partial charge in [-0.15, -0.1) is 0 Å². The standard InChI is InChI=1S/C22H22FN5O/c1-14(2)22-26-20(27-29-22)16-9-11-28(12-10-16)21-17(13-24)5-8-19(25-21)15-3-6-18(23)7-4-15/h3-8,14,16H,9-12H2,1-2H3. The average molecular weight is 391 g/mol. The molecule has 0 aliphatic carbocycles. The Bertz CT molecular complexity index is 1030. The van der Waals surface area contributed by atoms with E-state index in [9.17, 15) is 9.65 Å². The molecule has 148 valence electrons. The van der Waals surface area contributed by atoms with Gasteiger partial charge in [-0.2, -0.15) is 10.2 Å². The number of nitriles is 1. The number of halogens is 1. The Morgan fingerprint density at radius 1 is 1.10 bits per heavy atom. The number of pyridine rings is 1. The van der Waals surface area contributed by atoms with Crippen molar-refractivity contribution in [2.24, 2.45) is 0 Å². The van der Waals surface area contributed by atoms with Crippen LogP contribution in [0.25, 0.3) is 11.3 Å². The molecule has 1 aliphatic rings. The molecule has 0 spiro atoms. The summed E-state index contributed by atoms with van der Waals surface area (Å²) in [5.74, 6) is 2.28. The quantitative estimate of drug-likeness (QED) is 0.644. The maximum absolute atomic E-state index is 13.2. The van der Waals surface area contributed by atoms with E-state index in [1.165, 1.54) is 12.1 Å². The third kappa shape index (κ3) is 3.97. The second-order valence-corrected chi connectivity index (χ2v) is 7.59. The van der Waals surface area contributed by atoms with E-state index < -0.39 is 0 Å². The van der Waals surface area contributed by atoms with Crippen LogP contribution in [0.5, 0.6) is 0 Å². The van der Waals surface area contributed by atoms with Crippen molar-refractivity contribution in [3.8, 4) is 17.3 Å². The van der Waals surface area contributed by atoms with Gasteiger partial charge in [0, 0.05) is 30.5 Å². The predicted molar refractivity (Wildman–Crippen MR) is 107 cm³/mol. The zero-order valence-electron chi connectivity index (χ0n) is 16.5. The lowest BCUT2D eigenvalue weighted by atomic mass is 9.95. The van der Waals surface area contributed by atoms with Crippen LogP contribution in [0.1, 0.15) is 55.8 Å². The molecule has 3 heterocycles. The van der Waals surface area contributed by atoms with E-state index in [0.29, 0.717) is 17.3 Å². The molecule has 6 nitrogen and oxygen atoms in total. The molecule has 0 bridgehead atoms. The largest absolute Gasteiger partial charge is 0.355 e. The molecule has 1 saturated heterocycles. The van der Waals surface area contributed by atoms with E-state index in [4.69, 9.17) is 9.51 Å². The van der Waals surface area contributed by atoms with Crippen LogP contribution in [-0.4, -0.2) is 28.2 Å². The lowest BCUT2D eigenvalue weighted by molar-refractivity contribution is 0.353. The van der Waals surface area contributed by atoms with Crippen LogP contribution in [0.3, 0.4) is 0 Å². The van der Waals surface area contributed by atoms with Crippen molar-refractivity contribution in [2.75, 3.05) is 18.0 Å². The summed E-state index contributed by atoms with van der Waals surface area (Å²) in [6, 6.07) is 12.0. The van der Waals surface area contributed by atoms with E-state index in [0.717, 1.165) is 43.0 Å². The van der Waals surface area contributed by atoms with Gasteiger partial charge in [-0.1, -0.05) is 19.0 Å². The summed E-state index contributed by atoms with van der Waals surface area (Å²) in [5.41, 5.74) is 2.08. The Labute approximate surface area is 169 Å². The lowest BCUT2D eigenvalue weighted by Crippen LogP contribution is -2.34. The molecule has 2 aromatic heterocycles. The second-order valence-electron chi connectivity index (χ2n) is 7.59. The minimum Gasteiger partial charge on any atom is -0.355 e. The van der Waals surface area contributed by atoms with Gasteiger partial charge in [-0.3, -0.25) is 0 Å². The number of hydrogen-bond donors (Lipinski definition) is 0. The van der Waals surface area contributed by atoms with E-state index in [1.54, 1.807) is 24.3 Å². The van der Waals surface area contributed by atoms with Crippen LogP contribution in [0, 0.1) is 17.1 Å². The van der Waals surface area contributed by atoms with Crippen LogP contribution in [0.2, 0.25) is 0 Å². The van der Waals surface area contributed by atoms with Crippen molar-refractivity contribution < 1.29 is 8.91 Å². The van der Waals surface area contributed by atoms with Crippen molar-refractivity contribution in [2.45, 2.75) is 38.5 Å². The third-order valence-corrected chi connectivity index (χ3v) is 5.25. The van der Waals surface area contributed by atoms with E-state index in [2.05, 4.69) is 21.1 Å². The molecule has 4 rings (SSSR count). The molecule has 7 heteroatoms. The summed E-state index contributed by atoms with van der Waals surface area (Å²) in [7, 11) is 0. The van der Waals surface area contributed by atoms with E-state index in [-0.39, 0.29) is 17.7 Å². The smallest absolute Gasteiger partial charge is 0.229 e. The van der Waals surface area contributed by atoms with Crippen molar-refractivity contribution in [3.05, 3.63) is 59.5 Å². The molecule has 0 unspecified atom stereocenters. The number of piperidine rings is 1. The van der Waals surface area contributed by atoms with Gasteiger partial charge in [0.15, 0.2) is 5.82 Å². The van der Waals surface area contributed by atoms with Gasteiger partial charge in [0.2, 0.25) is 5.89 Å². The lowest BCUT2D eigenvalue weighted by Gasteiger charge is -2.32. The summed E-state index contributed by atoms with van der Waals surface area (Å²) in [4.78, 5) is 11.4. The van der Waals surface area contributed by atoms with Gasteiger partial charge in [-0.25, -0.2) is 9.37 Å². The highest BCUT2D eigenvalue weighted by Crippen LogP contribution is 2.31. The van der Waals surface area contributed by atoms with Crippen molar-refractivity contribution >= 4 is 5.82 Å². The Kier molecular flexibility index (Phi) is 5.26. The zero-order chi connectivity index (χ0) is 20.4. The molecule has 0 saturated carbocycles. The minimum atomic E-state index is -0.285. The zero-order valence-corrected chi connectivity index (χ0v) is 16.5. The molecule has 0 radical (unpaired) electrons. The second kappa shape index (κ2) is 8.00. The molecule has 0 N–H and O–H groups in total. The van der Waals surface area contributed by atoms with Gasteiger partial charge in [0.05, 0.1) is 11.3 Å². The first-order valence-corrected chi connectivity index (χ1v) is 9.80. The molecule has 0 amide bonds. The Morgan fingerprint density at radius 2 is 1.83 bits per heavy atom. The van der Waals surface area contributed by atoms with Gasteiger partial charge in [-0.05, 0) is 49.2 Å². The fourth-order valence-corrected chi connectivity index (χ4v) is 3.56. The molecule has 3 aromatic rings. The highest BCUT2D eigenvalue weighted by atomic mass is 19.1. The molecule has 1 aromatic carbocycles. The summed E-state index contributed by atoms with van der Waals surface area (Å²) in [5, 5.41) is 13.7. The highest BCUT2D eigenvalue weighted by Gasteiger charge is 2.27. The Hall–Kier alpha value is -3.27. The molecule has 29 heavy (non-hydrogen) atoms. The summed E-state index contributed by atoms with van der Waals surface area (Å²) >= 11 is 0. The fourth-order valence-electron chi connectivity index (χ4n) is 3.56. The maximum Gasteiger partial charge on any atom is 0.229 e. The minimum absolute atomic E-state index is 0.216.